The molecule has 3 heteroatoms. The van der Waals surface area contributed by atoms with Gasteiger partial charge in [-0.05, 0) is 11.5 Å². The monoisotopic (exact) mass is 212 g/mol. The third kappa shape index (κ3) is 3.11. The van der Waals surface area contributed by atoms with Crippen LogP contribution in [0, 0.1) is 0 Å². The van der Waals surface area contributed by atoms with E-state index in [4.69, 9.17) is 0 Å². The fraction of sp³-hybridized carbons (Fsp3) is 0.417. The Morgan fingerprint density at radius 1 is 1.33 bits per heavy atom. The van der Waals surface area contributed by atoms with Gasteiger partial charge >= 0.3 is 0 Å². The molecule has 0 aliphatic rings. The van der Waals surface area contributed by atoms with E-state index in [1.807, 2.05) is 6.92 Å². The Bertz CT molecular complexity index is 324. The summed E-state index contributed by atoms with van der Waals surface area (Å²) in [7, 11) is 0. The summed E-state index contributed by atoms with van der Waals surface area (Å²) in [5, 5.41) is 0. The Labute approximate surface area is 88.1 Å². The molecule has 1 atom stereocenters. The summed E-state index contributed by atoms with van der Waals surface area (Å²) in [4.78, 5) is 10.3. The predicted octanol–water partition coefficient (Wildman–Crippen LogP) is 3.49. The number of hydrogen-bond acceptors (Lipinski definition) is 1. The van der Waals surface area contributed by atoms with E-state index in [1.165, 1.54) is 12.1 Å². The van der Waals surface area contributed by atoms with E-state index >= 15 is 0 Å². The van der Waals surface area contributed by atoms with E-state index in [0.29, 0.717) is 6.42 Å². The normalized spacial score (nSPS) is 13.6. The second-order valence-electron chi connectivity index (χ2n) is 3.81. The van der Waals surface area contributed by atoms with Crippen molar-refractivity contribution < 1.29 is 13.6 Å². The lowest BCUT2D eigenvalue weighted by atomic mass is 9.96. The fourth-order valence-corrected chi connectivity index (χ4v) is 1.38. The molecule has 1 nitrogen and oxygen atoms in total. The smallest absolute Gasteiger partial charge is 0.270 e. The zero-order valence-corrected chi connectivity index (χ0v) is 8.84. The van der Waals surface area contributed by atoms with Crippen LogP contribution in [0.15, 0.2) is 24.3 Å². The fourth-order valence-electron chi connectivity index (χ4n) is 1.38. The molecule has 82 valence electrons. The minimum Gasteiger partial charge on any atom is -0.303 e. The molecule has 0 N–H and O–H groups in total. The first-order chi connectivity index (χ1) is 6.95. The standard InChI is InChI=1S/C12H14F2O/c1-9(7-8-15)10-3-5-11(6-4-10)12(2,13)14/h3-6,8-9H,7H2,1-2H3. The summed E-state index contributed by atoms with van der Waals surface area (Å²) in [5.74, 6) is -2.71. The van der Waals surface area contributed by atoms with Crippen LogP contribution >= 0.6 is 0 Å². The van der Waals surface area contributed by atoms with Crippen molar-refractivity contribution in [2.75, 3.05) is 0 Å². The topological polar surface area (TPSA) is 17.1 Å². The van der Waals surface area contributed by atoms with Gasteiger partial charge in [-0.15, -0.1) is 0 Å². The van der Waals surface area contributed by atoms with Crippen molar-refractivity contribution in [2.45, 2.75) is 32.1 Å². The van der Waals surface area contributed by atoms with Crippen LogP contribution in [0.2, 0.25) is 0 Å². The lowest BCUT2D eigenvalue weighted by molar-refractivity contribution is -0.108. The molecule has 0 heterocycles. The van der Waals surface area contributed by atoms with Gasteiger partial charge in [0, 0.05) is 18.9 Å². The molecule has 0 aliphatic carbocycles. The molecule has 1 rings (SSSR count). The van der Waals surface area contributed by atoms with Gasteiger partial charge in [0.15, 0.2) is 0 Å². The van der Waals surface area contributed by atoms with Crippen LogP contribution in [-0.2, 0) is 10.7 Å². The summed E-state index contributed by atoms with van der Waals surface area (Å²) in [6.07, 6.45) is 1.26. The molecule has 15 heavy (non-hydrogen) atoms. The van der Waals surface area contributed by atoms with Crippen LogP contribution in [0.3, 0.4) is 0 Å². The van der Waals surface area contributed by atoms with Crippen LogP contribution in [0.25, 0.3) is 0 Å². The van der Waals surface area contributed by atoms with Gasteiger partial charge in [-0.3, -0.25) is 0 Å². The second kappa shape index (κ2) is 4.51. The second-order valence-corrected chi connectivity index (χ2v) is 3.81. The molecule has 0 spiro atoms. The molecule has 1 unspecified atom stereocenters. The average molecular weight is 212 g/mol. The summed E-state index contributed by atoms with van der Waals surface area (Å²) < 4.78 is 25.8. The third-order valence-electron chi connectivity index (χ3n) is 2.44. The molecule has 0 radical (unpaired) electrons. The van der Waals surface area contributed by atoms with Crippen LogP contribution in [0.4, 0.5) is 8.78 Å². The molecule has 0 amide bonds. The Hall–Kier alpha value is -1.25. The number of rotatable bonds is 4. The average Bonchev–Trinajstić information content (AvgIpc) is 2.17. The lowest BCUT2D eigenvalue weighted by Gasteiger charge is -2.13. The van der Waals surface area contributed by atoms with Crippen LogP contribution in [-0.4, -0.2) is 6.29 Å². The number of hydrogen-bond donors (Lipinski definition) is 0. The molecule has 0 aromatic heterocycles. The quantitative estimate of drug-likeness (QED) is 0.698. The molecular weight excluding hydrogens is 198 g/mol. The zero-order chi connectivity index (χ0) is 11.5. The van der Waals surface area contributed by atoms with Crippen molar-refractivity contribution in [1.29, 1.82) is 0 Å². The van der Waals surface area contributed by atoms with Gasteiger partial charge in [0.1, 0.15) is 6.29 Å². The van der Waals surface area contributed by atoms with Crippen molar-refractivity contribution in [2.24, 2.45) is 0 Å². The number of halogens is 2. The van der Waals surface area contributed by atoms with Gasteiger partial charge in [-0.2, -0.15) is 0 Å². The van der Waals surface area contributed by atoms with Crippen LogP contribution in [0.5, 0.6) is 0 Å². The maximum absolute atomic E-state index is 12.9. The van der Waals surface area contributed by atoms with Gasteiger partial charge in [-0.1, -0.05) is 31.2 Å². The number of carbonyl (C=O) groups excluding carboxylic acids is 1. The summed E-state index contributed by atoms with van der Waals surface area (Å²) >= 11 is 0. The highest BCUT2D eigenvalue weighted by molar-refractivity contribution is 5.51. The maximum Gasteiger partial charge on any atom is 0.270 e. The van der Waals surface area contributed by atoms with Crippen molar-refractivity contribution in [3.63, 3.8) is 0 Å². The first-order valence-corrected chi connectivity index (χ1v) is 4.87. The highest BCUT2D eigenvalue weighted by atomic mass is 19.3. The molecular formula is C12H14F2O. The van der Waals surface area contributed by atoms with Crippen molar-refractivity contribution in [1.82, 2.24) is 0 Å². The molecule has 0 saturated carbocycles. The molecule has 0 bridgehead atoms. The van der Waals surface area contributed by atoms with Crippen LogP contribution < -0.4 is 0 Å². The number of carbonyl (C=O) groups is 1. The number of benzene rings is 1. The van der Waals surface area contributed by atoms with E-state index in [1.54, 1.807) is 12.1 Å². The van der Waals surface area contributed by atoms with E-state index < -0.39 is 5.92 Å². The Kier molecular flexibility index (Phi) is 3.56. The predicted molar refractivity (Wildman–Crippen MR) is 55.1 cm³/mol. The number of alkyl halides is 2. The molecule has 1 aromatic carbocycles. The van der Waals surface area contributed by atoms with Gasteiger partial charge in [0.2, 0.25) is 0 Å². The Balaban J connectivity index is 2.85. The molecule has 0 aliphatic heterocycles. The summed E-state index contributed by atoms with van der Waals surface area (Å²) in [6.45, 7) is 2.77. The summed E-state index contributed by atoms with van der Waals surface area (Å²) in [6, 6.07) is 6.13. The maximum atomic E-state index is 12.9. The zero-order valence-electron chi connectivity index (χ0n) is 8.84. The number of aldehydes is 1. The highest BCUT2D eigenvalue weighted by Crippen LogP contribution is 2.28. The largest absolute Gasteiger partial charge is 0.303 e. The van der Waals surface area contributed by atoms with Crippen LogP contribution in [0.1, 0.15) is 37.3 Å². The minimum atomic E-state index is -2.80. The lowest BCUT2D eigenvalue weighted by Crippen LogP contribution is -2.07. The highest BCUT2D eigenvalue weighted by Gasteiger charge is 2.23. The first kappa shape index (κ1) is 11.8. The van der Waals surface area contributed by atoms with E-state index in [9.17, 15) is 13.6 Å². The molecule has 0 fully saturated rings. The van der Waals surface area contributed by atoms with Gasteiger partial charge in [0.25, 0.3) is 5.92 Å². The van der Waals surface area contributed by atoms with E-state index in [0.717, 1.165) is 18.8 Å². The minimum absolute atomic E-state index is 0.00422. The Morgan fingerprint density at radius 3 is 2.27 bits per heavy atom. The third-order valence-corrected chi connectivity index (χ3v) is 2.44. The molecule has 0 saturated heterocycles. The SMILES string of the molecule is CC(CC=O)c1ccc(C(C)(F)F)cc1. The van der Waals surface area contributed by atoms with E-state index in [-0.39, 0.29) is 11.5 Å². The summed E-state index contributed by atoms with van der Waals surface area (Å²) in [5.41, 5.74) is 0.916. The van der Waals surface area contributed by atoms with Gasteiger partial charge in [-0.25, -0.2) is 8.78 Å². The van der Waals surface area contributed by atoms with Crippen molar-refractivity contribution >= 4 is 6.29 Å². The van der Waals surface area contributed by atoms with Gasteiger partial charge in [0.05, 0.1) is 0 Å². The van der Waals surface area contributed by atoms with Crippen molar-refractivity contribution in [3.8, 4) is 0 Å². The molecule has 1 aromatic rings. The van der Waals surface area contributed by atoms with E-state index in [2.05, 4.69) is 0 Å². The Morgan fingerprint density at radius 2 is 1.87 bits per heavy atom. The van der Waals surface area contributed by atoms with Crippen molar-refractivity contribution in [3.05, 3.63) is 35.4 Å². The van der Waals surface area contributed by atoms with Gasteiger partial charge < -0.3 is 4.79 Å². The first-order valence-electron chi connectivity index (χ1n) is 4.87.